The number of nitrogens with one attached hydrogen (secondary N) is 1. The van der Waals surface area contributed by atoms with Crippen molar-refractivity contribution in [2.24, 2.45) is 0 Å². The van der Waals surface area contributed by atoms with Gasteiger partial charge < -0.3 is 9.88 Å². The van der Waals surface area contributed by atoms with Gasteiger partial charge in [0.05, 0.1) is 0 Å². The fourth-order valence-electron chi connectivity index (χ4n) is 3.15. The minimum Gasteiger partial charge on any atom is -0.340 e. The van der Waals surface area contributed by atoms with E-state index in [4.69, 9.17) is 11.6 Å². The minimum absolute atomic E-state index is 0.523. The Hall–Kier alpha value is -1.77. The first-order valence-electron chi connectivity index (χ1n) is 8.65. The van der Waals surface area contributed by atoms with Crippen LogP contribution in [-0.4, -0.2) is 10.6 Å². The summed E-state index contributed by atoms with van der Waals surface area (Å²) < 4.78 is 2.38. The van der Waals surface area contributed by atoms with Gasteiger partial charge in [-0.25, -0.2) is 0 Å². The Bertz CT molecular complexity index is 835. The highest BCUT2D eigenvalue weighted by Crippen LogP contribution is 2.28. The van der Waals surface area contributed by atoms with Crippen molar-refractivity contribution in [2.75, 3.05) is 0 Å². The first-order valence-corrected chi connectivity index (χ1v) is 9.03. The number of hydrogen-bond donors (Lipinski definition) is 1. The Balaban J connectivity index is 2.02. The SMILES string of the molecule is CCC(C)NCc1c(C)n(Cc2ccccc2Cl)c2ccccc12. The van der Waals surface area contributed by atoms with E-state index in [0.717, 1.165) is 30.1 Å². The summed E-state index contributed by atoms with van der Waals surface area (Å²) in [6, 6.07) is 17.3. The van der Waals surface area contributed by atoms with Crippen LogP contribution in [0.15, 0.2) is 48.5 Å². The molecule has 1 heterocycles. The van der Waals surface area contributed by atoms with Crippen molar-refractivity contribution in [2.45, 2.75) is 46.3 Å². The second-order valence-corrected chi connectivity index (χ2v) is 6.86. The summed E-state index contributed by atoms with van der Waals surface area (Å²) >= 11 is 6.38. The molecule has 0 aliphatic heterocycles. The highest BCUT2D eigenvalue weighted by molar-refractivity contribution is 6.31. The molecule has 0 aliphatic rings. The van der Waals surface area contributed by atoms with Gasteiger partial charge in [-0.3, -0.25) is 0 Å². The third kappa shape index (κ3) is 3.35. The number of benzene rings is 2. The van der Waals surface area contributed by atoms with Crippen LogP contribution in [0, 0.1) is 6.92 Å². The Kier molecular flexibility index (Phi) is 5.27. The van der Waals surface area contributed by atoms with Crippen LogP contribution in [0.4, 0.5) is 0 Å². The lowest BCUT2D eigenvalue weighted by atomic mass is 10.1. The van der Waals surface area contributed by atoms with E-state index in [0.29, 0.717) is 6.04 Å². The first kappa shape index (κ1) is 17.1. The summed E-state index contributed by atoms with van der Waals surface area (Å²) in [7, 11) is 0. The lowest BCUT2D eigenvalue weighted by Crippen LogP contribution is -2.24. The summed E-state index contributed by atoms with van der Waals surface area (Å²) in [5.41, 5.74) is 5.13. The van der Waals surface area contributed by atoms with Crippen molar-refractivity contribution in [3.05, 3.63) is 70.4 Å². The van der Waals surface area contributed by atoms with Gasteiger partial charge in [-0.2, -0.15) is 0 Å². The van der Waals surface area contributed by atoms with Gasteiger partial charge in [-0.15, -0.1) is 0 Å². The largest absolute Gasteiger partial charge is 0.340 e. The van der Waals surface area contributed by atoms with E-state index in [2.05, 4.69) is 61.0 Å². The molecule has 0 saturated carbocycles. The monoisotopic (exact) mass is 340 g/mol. The van der Waals surface area contributed by atoms with E-state index < -0.39 is 0 Å². The number of halogens is 1. The van der Waals surface area contributed by atoms with Crippen molar-refractivity contribution < 1.29 is 0 Å². The smallest absolute Gasteiger partial charge is 0.0493 e. The van der Waals surface area contributed by atoms with Gasteiger partial charge >= 0.3 is 0 Å². The highest BCUT2D eigenvalue weighted by Gasteiger charge is 2.15. The van der Waals surface area contributed by atoms with Crippen LogP contribution in [0.1, 0.15) is 37.1 Å². The predicted molar refractivity (Wildman–Crippen MR) is 104 cm³/mol. The molecule has 24 heavy (non-hydrogen) atoms. The quantitative estimate of drug-likeness (QED) is 0.623. The first-order chi connectivity index (χ1) is 11.6. The lowest BCUT2D eigenvalue weighted by molar-refractivity contribution is 0.533. The maximum Gasteiger partial charge on any atom is 0.0493 e. The van der Waals surface area contributed by atoms with Crippen molar-refractivity contribution in [3.8, 4) is 0 Å². The molecule has 0 bridgehead atoms. The number of hydrogen-bond acceptors (Lipinski definition) is 1. The van der Waals surface area contributed by atoms with Crippen LogP contribution >= 0.6 is 11.6 Å². The molecule has 1 unspecified atom stereocenters. The van der Waals surface area contributed by atoms with Gasteiger partial charge in [0.15, 0.2) is 0 Å². The minimum atomic E-state index is 0.523. The molecular formula is C21H25ClN2. The molecule has 0 aliphatic carbocycles. The van der Waals surface area contributed by atoms with Crippen LogP contribution in [0.3, 0.4) is 0 Å². The Morgan fingerprint density at radius 3 is 2.54 bits per heavy atom. The lowest BCUT2D eigenvalue weighted by Gasteiger charge is -2.13. The molecule has 1 aromatic heterocycles. The summed E-state index contributed by atoms with van der Waals surface area (Å²) in [5.74, 6) is 0. The number of para-hydroxylation sites is 1. The normalized spacial score (nSPS) is 12.7. The van der Waals surface area contributed by atoms with E-state index in [1.54, 1.807) is 0 Å². The van der Waals surface area contributed by atoms with E-state index in [9.17, 15) is 0 Å². The maximum atomic E-state index is 6.38. The van der Waals surface area contributed by atoms with Crippen LogP contribution in [0.25, 0.3) is 10.9 Å². The van der Waals surface area contributed by atoms with Crippen LogP contribution in [0.2, 0.25) is 5.02 Å². The second-order valence-electron chi connectivity index (χ2n) is 6.45. The zero-order chi connectivity index (χ0) is 17.1. The second kappa shape index (κ2) is 7.42. The molecule has 1 N–H and O–H groups in total. The highest BCUT2D eigenvalue weighted by atomic mass is 35.5. The molecule has 126 valence electrons. The predicted octanol–water partition coefficient (Wildman–Crippen LogP) is 5.54. The van der Waals surface area contributed by atoms with Gasteiger partial charge in [-0.1, -0.05) is 54.9 Å². The number of rotatable bonds is 6. The molecule has 2 nitrogen and oxygen atoms in total. The molecule has 1 atom stereocenters. The number of fused-ring (bicyclic) bond motifs is 1. The zero-order valence-corrected chi connectivity index (χ0v) is 15.4. The van der Waals surface area contributed by atoms with Gasteiger partial charge in [-0.05, 0) is 43.5 Å². The zero-order valence-electron chi connectivity index (χ0n) is 14.6. The molecular weight excluding hydrogens is 316 g/mol. The number of aromatic nitrogens is 1. The Morgan fingerprint density at radius 2 is 1.79 bits per heavy atom. The molecule has 3 aromatic rings. The average molecular weight is 341 g/mol. The third-order valence-corrected chi connectivity index (χ3v) is 5.26. The summed E-state index contributed by atoms with van der Waals surface area (Å²) in [6.07, 6.45) is 1.14. The van der Waals surface area contributed by atoms with Gasteiger partial charge in [0.1, 0.15) is 0 Å². The Morgan fingerprint density at radius 1 is 1.08 bits per heavy atom. The topological polar surface area (TPSA) is 17.0 Å². The summed E-state index contributed by atoms with van der Waals surface area (Å²) in [5, 5.41) is 5.79. The fourth-order valence-corrected chi connectivity index (χ4v) is 3.34. The maximum absolute atomic E-state index is 6.38. The van der Waals surface area contributed by atoms with Crippen LogP contribution in [-0.2, 0) is 13.1 Å². The van der Waals surface area contributed by atoms with Gasteiger partial charge in [0.2, 0.25) is 0 Å². The van der Waals surface area contributed by atoms with E-state index >= 15 is 0 Å². The molecule has 2 aromatic carbocycles. The molecule has 3 heteroatoms. The molecule has 0 radical (unpaired) electrons. The van der Waals surface area contributed by atoms with E-state index in [1.807, 2.05) is 18.2 Å². The third-order valence-electron chi connectivity index (χ3n) is 4.89. The van der Waals surface area contributed by atoms with E-state index in [-0.39, 0.29) is 0 Å². The van der Waals surface area contributed by atoms with Crippen molar-refractivity contribution >= 4 is 22.5 Å². The van der Waals surface area contributed by atoms with E-state index in [1.165, 1.54) is 22.2 Å². The van der Waals surface area contributed by atoms with Crippen LogP contribution in [0.5, 0.6) is 0 Å². The van der Waals surface area contributed by atoms with Crippen molar-refractivity contribution in [1.29, 1.82) is 0 Å². The fraction of sp³-hybridized carbons (Fsp3) is 0.333. The van der Waals surface area contributed by atoms with Gasteiger partial charge in [0, 0.05) is 40.8 Å². The number of nitrogens with zero attached hydrogens (tertiary/aromatic N) is 1. The average Bonchev–Trinajstić information content (AvgIpc) is 2.86. The molecule has 0 spiro atoms. The standard InChI is InChI=1S/C21H25ClN2/c1-4-15(2)23-13-19-16(3)24(21-12-8-6-10-18(19)21)14-17-9-5-7-11-20(17)22/h5-12,15,23H,4,13-14H2,1-3H3. The molecule has 3 rings (SSSR count). The van der Waals surface area contributed by atoms with Crippen LogP contribution < -0.4 is 5.32 Å². The summed E-state index contributed by atoms with van der Waals surface area (Å²) in [4.78, 5) is 0. The molecule has 0 amide bonds. The molecule has 0 saturated heterocycles. The molecule has 0 fully saturated rings. The summed E-state index contributed by atoms with van der Waals surface area (Å²) in [6.45, 7) is 8.36. The van der Waals surface area contributed by atoms with Crippen molar-refractivity contribution in [3.63, 3.8) is 0 Å². The van der Waals surface area contributed by atoms with Gasteiger partial charge in [0.25, 0.3) is 0 Å². The van der Waals surface area contributed by atoms with Crippen molar-refractivity contribution in [1.82, 2.24) is 9.88 Å². The Labute approximate surface area is 149 Å².